The van der Waals surface area contributed by atoms with E-state index in [0.717, 1.165) is 16.1 Å². The molecule has 3 aromatic rings. The lowest BCUT2D eigenvalue weighted by Gasteiger charge is -2.13. The number of thiazole rings is 1. The van der Waals surface area contributed by atoms with Crippen molar-refractivity contribution in [3.05, 3.63) is 40.8 Å². The maximum atomic E-state index is 12.9. The summed E-state index contributed by atoms with van der Waals surface area (Å²) < 4.78 is 26.6. The lowest BCUT2D eigenvalue weighted by molar-refractivity contribution is 0.102. The number of carbonyl (C=O) groups is 1. The number of halogens is 1. The van der Waals surface area contributed by atoms with Gasteiger partial charge < -0.3 is 23.7 Å². The predicted octanol–water partition coefficient (Wildman–Crippen LogP) is 4.84. The van der Waals surface area contributed by atoms with Crippen LogP contribution in [0.2, 0.25) is 0 Å². The summed E-state index contributed by atoms with van der Waals surface area (Å²) in [6, 6.07) is 8.75. The van der Waals surface area contributed by atoms with Gasteiger partial charge in [0, 0.05) is 16.0 Å². The van der Waals surface area contributed by atoms with Crippen LogP contribution in [0.15, 0.2) is 30.3 Å². The highest BCUT2D eigenvalue weighted by molar-refractivity contribution is 7.16. The number of nitrogens with zero attached hydrogens (tertiary/aromatic N) is 1. The Morgan fingerprint density at radius 3 is 1.97 bits per heavy atom. The second-order valence-corrected chi connectivity index (χ2v) is 7.56. The highest BCUT2D eigenvalue weighted by Gasteiger charge is 2.19. The summed E-state index contributed by atoms with van der Waals surface area (Å²) in [5.41, 5.74) is 1.97. The highest BCUT2D eigenvalue weighted by atomic mass is 35.5. The van der Waals surface area contributed by atoms with Gasteiger partial charge in [-0.3, -0.25) is 10.1 Å². The molecule has 8 nitrogen and oxygen atoms in total. The maximum absolute atomic E-state index is 12.9. The third kappa shape index (κ3) is 5.00. The van der Waals surface area contributed by atoms with Crippen LogP contribution in [-0.2, 0) is 0 Å². The number of hydrogen-bond acceptors (Lipinski definition) is 8. The molecular formula is C22H25ClN2O6S. The smallest absolute Gasteiger partial charge is 0.257 e. The lowest BCUT2D eigenvalue weighted by atomic mass is 10.1. The van der Waals surface area contributed by atoms with Crippen LogP contribution in [0.1, 0.15) is 15.2 Å². The van der Waals surface area contributed by atoms with E-state index in [1.807, 2.05) is 25.1 Å². The van der Waals surface area contributed by atoms with Crippen molar-refractivity contribution in [3.63, 3.8) is 0 Å². The van der Waals surface area contributed by atoms with Gasteiger partial charge in [-0.2, -0.15) is 0 Å². The van der Waals surface area contributed by atoms with Crippen LogP contribution in [0, 0.1) is 6.92 Å². The first kappa shape index (κ1) is 25.1. The number of carbonyl (C=O) groups excluding carboxylic acids is 1. The minimum atomic E-state index is -0.341. The first-order valence-electron chi connectivity index (χ1n) is 9.26. The average Bonchev–Trinajstić information content (AvgIpc) is 3.16. The molecule has 0 aliphatic rings. The zero-order valence-corrected chi connectivity index (χ0v) is 20.2. The fourth-order valence-corrected chi connectivity index (χ4v) is 3.91. The van der Waals surface area contributed by atoms with Crippen LogP contribution < -0.4 is 29.0 Å². The number of nitrogens with one attached hydrogen (secondary N) is 1. The van der Waals surface area contributed by atoms with Crippen molar-refractivity contribution in [2.45, 2.75) is 6.92 Å². The minimum absolute atomic E-state index is 0. The largest absolute Gasteiger partial charge is 0.493 e. The van der Waals surface area contributed by atoms with Crippen molar-refractivity contribution in [1.82, 2.24) is 4.98 Å². The number of rotatable bonds is 8. The van der Waals surface area contributed by atoms with E-state index in [9.17, 15) is 4.79 Å². The molecule has 1 heterocycles. The molecule has 0 saturated carbocycles. The second kappa shape index (κ2) is 10.9. The topological polar surface area (TPSA) is 88.1 Å². The van der Waals surface area contributed by atoms with Crippen LogP contribution >= 0.6 is 23.7 Å². The van der Waals surface area contributed by atoms with E-state index in [0.29, 0.717) is 39.4 Å². The molecule has 0 bridgehead atoms. The first-order valence-corrected chi connectivity index (χ1v) is 10.1. The third-order valence-corrected chi connectivity index (χ3v) is 5.49. The number of hydrogen-bond donors (Lipinski definition) is 1. The van der Waals surface area contributed by atoms with Gasteiger partial charge in [0.25, 0.3) is 5.91 Å². The van der Waals surface area contributed by atoms with Gasteiger partial charge in [-0.25, -0.2) is 4.98 Å². The van der Waals surface area contributed by atoms with Crippen LogP contribution in [0.5, 0.6) is 28.7 Å². The Balaban J connectivity index is 0.00000363. The van der Waals surface area contributed by atoms with Crippen LogP contribution in [-0.4, -0.2) is 46.4 Å². The Hall–Kier alpha value is -3.17. The molecule has 0 radical (unpaired) electrons. The summed E-state index contributed by atoms with van der Waals surface area (Å²) in [7, 11) is 7.67. The summed E-state index contributed by atoms with van der Waals surface area (Å²) >= 11 is 1.38. The summed E-state index contributed by atoms with van der Waals surface area (Å²) in [5, 5.41) is 3.31. The Morgan fingerprint density at radius 1 is 0.844 bits per heavy atom. The maximum Gasteiger partial charge on any atom is 0.257 e. The van der Waals surface area contributed by atoms with Gasteiger partial charge in [0.1, 0.15) is 0 Å². The van der Waals surface area contributed by atoms with Gasteiger partial charge in [-0.1, -0.05) is 0 Å². The molecule has 1 amide bonds. The van der Waals surface area contributed by atoms with Gasteiger partial charge in [-0.15, -0.1) is 23.7 Å². The molecule has 2 aromatic carbocycles. The number of aryl methyl sites for hydroxylation is 1. The van der Waals surface area contributed by atoms with Gasteiger partial charge in [0.2, 0.25) is 5.75 Å². The van der Waals surface area contributed by atoms with Crippen molar-refractivity contribution < 1.29 is 28.5 Å². The number of aromatic nitrogens is 1. The molecule has 32 heavy (non-hydrogen) atoms. The summed E-state index contributed by atoms with van der Waals surface area (Å²) in [6.07, 6.45) is 0. The lowest BCUT2D eigenvalue weighted by Crippen LogP contribution is -2.12. The van der Waals surface area contributed by atoms with E-state index in [4.69, 9.17) is 23.7 Å². The van der Waals surface area contributed by atoms with Gasteiger partial charge in [0.05, 0.1) is 41.2 Å². The summed E-state index contributed by atoms with van der Waals surface area (Å²) in [5.74, 6) is 2.11. The molecule has 1 N–H and O–H groups in total. The van der Waals surface area contributed by atoms with E-state index in [2.05, 4.69) is 10.3 Å². The van der Waals surface area contributed by atoms with Crippen LogP contribution in [0.3, 0.4) is 0 Å². The zero-order valence-electron chi connectivity index (χ0n) is 18.6. The van der Waals surface area contributed by atoms with Gasteiger partial charge >= 0.3 is 0 Å². The quantitative estimate of drug-likeness (QED) is 0.493. The van der Waals surface area contributed by atoms with E-state index < -0.39 is 0 Å². The minimum Gasteiger partial charge on any atom is -0.493 e. The first-order chi connectivity index (χ1) is 14.9. The van der Waals surface area contributed by atoms with Crippen molar-refractivity contribution in [1.29, 1.82) is 0 Å². The van der Waals surface area contributed by atoms with Gasteiger partial charge in [-0.05, 0) is 37.3 Å². The second-order valence-electron chi connectivity index (χ2n) is 6.36. The SMILES string of the molecule is COc1ccc(-c2nc(NC(=O)c3cc(OC)c(OC)c(OC)c3)sc2C)cc1OC.Cl. The van der Waals surface area contributed by atoms with Crippen molar-refractivity contribution in [3.8, 4) is 40.0 Å². The van der Waals surface area contributed by atoms with Crippen LogP contribution in [0.4, 0.5) is 5.13 Å². The molecule has 0 aliphatic carbocycles. The molecule has 10 heteroatoms. The summed E-state index contributed by atoms with van der Waals surface area (Å²) in [6.45, 7) is 1.94. The summed E-state index contributed by atoms with van der Waals surface area (Å²) in [4.78, 5) is 18.4. The van der Waals surface area contributed by atoms with E-state index in [-0.39, 0.29) is 18.3 Å². The monoisotopic (exact) mass is 480 g/mol. The number of ether oxygens (including phenoxy) is 5. The Kier molecular flexibility index (Phi) is 8.56. The number of benzene rings is 2. The molecule has 0 saturated heterocycles. The molecule has 3 rings (SSSR count). The number of amides is 1. The Labute approximate surface area is 196 Å². The molecular weight excluding hydrogens is 456 g/mol. The number of methoxy groups -OCH3 is 5. The fraction of sp³-hybridized carbons (Fsp3) is 0.273. The molecule has 0 unspecified atom stereocenters. The zero-order chi connectivity index (χ0) is 22.5. The molecule has 1 aromatic heterocycles. The predicted molar refractivity (Wildman–Crippen MR) is 127 cm³/mol. The normalized spacial score (nSPS) is 10.1. The molecule has 0 fully saturated rings. The van der Waals surface area contributed by atoms with Crippen molar-refractivity contribution >= 4 is 34.8 Å². The average molecular weight is 481 g/mol. The fourth-order valence-electron chi connectivity index (χ4n) is 3.08. The molecule has 0 atom stereocenters. The standard InChI is InChI=1S/C22H24N2O6S.ClH/c1-12-19(13-7-8-15(26-2)16(9-13)27-3)23-22(31-12)24-21(25)14-10-17(28-4)20(30-6)18(11-14)29-5;/h7-11H,1-6H3,(H,23,24,25);1H. The number of anilines is 1. The molecule has 0 spiro atoms. The van der Waals surface area contributed by atoms with E-state index >= 15 is 0 Å². The van der Waals surface area contributed by atoms with E-state index in [1.165, 1.54) is 32.7 Å². The third-order valence-electron chi connectivity index (χ3n) is 4.60. The molecule has 0 aliphatic heterocycles. The van der Waals surface area contributed by atoms with Gasteiger partial charge in [0.15, 0.2) is 28.1 Å². The van der Waals surface area contributed by atoms with Crippen molar-refractivity contribution in [2.75, 3.05) is 40.9 Å². The Bertz CT molecular complexity index is 1080. The molecule has 172 valence electrons. The van der Waals surface area contributed by atoms with Crippen molar-refractivity contribution in [2.24, 2.45) is 0 Å². The van der Waals surface area contributed by atoms with E-state index in [1.54, 1.807) is 26.4 Å². The Morgan fingerprint density at radius 2 is 1.44 bits per heavy atom. The van der Waals surface area contributed by atoms with Crippen LogP contribution in [0.25, 0.3) is 11.3 Å². The highest BCUT2D eigenvalue weighted by Crippen LogP contribution is 2.39.